The summed E-state index contributed by atoms with van der Waals surface area (Å²) in [7, 11) is -3.53. The first-order chi connectivity index (χ1) is 15.8. The number of halogens is 1. The van der Waals surface area contributed by atoms with E-state index in [2.05, 4.69) is 5.10 Å². The number of furan rings is 1. The zero-order chi connectivity index (χ0) is 23.6. The molecule has 1 aliphatic heterocycles. The average molecular weight is 492 g/mol. The van der Waals surface area contributed by atoms with Crippen molar-refractivity contribution in [3.8, 4) is 17.1 Å². The Balaban J connectivity index is 1.57. The Bertz CT molecular complexity index is 1210. The molecule has 1 saturated heterocycles. The van der Waals surface area contributed by atoms with E-state index in [9.17, 15) is 13.2 Å². The fourth-order valence-corrected chi connectivity index (χ4v) is 5.68. The summed E-state index contributed by atoms with van der Waals surface area (Å²) in [5, 5.41) is 5.09. The molecule has 0 spiro atoms. The molecule has 2 aromatic heterocycles. The van der Waals surface area contributed by atoms with E-state index < -0.39 is 10.2 Å². The molecule has 0 bridgehead atoms. The van der Waals surface area contributed by atoms with Crippen molar-refractivity contribution >= 4 is 27.7 Å². The van der Waals surface area contributed by atoms with Crippen LogP contribution in [0.3, 0.4) is 0 Å². The largest absolute Gasteiger partial charge is 0.463 e. The Hall–Kier alpha value is -2.66. The molecule has 11 heteroatoms. The van der Waals surface area contributed by atoms with E-state index in [1.165, 1.54) is 8.61 Å². The Morgan fingerprint density at radius 3 is 2.42 bits per heavy atom. The average Bonchev–Trinajstić information content (AvgIpc) is 3.49. The SMILES string of the molecule is CCN(CC)S(=O)(=O)N1CCN(C(=O)c2cc(-c3ccco3)n(-c3cccc(Cl)c3)n2)CC1. The molecule has 0 radical (unpaired) electrons. The molecule has 1 fully saturated rings. The molecule has 3 heterocycles. The lowest BCUT2D eigenvalue weighted by molar-refractivity contribution is 0.0688. The Morgan fingerprint density at radius 1 is 1.09 bits per heavy atom. The lowest BCUT2D eigenvalue weighted by Crippen LogP contribution is -2.54. The second-order valence-electron chi connectivity index (χ2n) is 7.57. The summed E-state index contributed by atoms with van der Waals surface area (Å²) in [6, 6.07) is 12.4. The molecule has 0 unspecified atom stereocenters. The van der Waals surface area contributed by atoms with E-state index in [0.29, 0.717) is 48.3 Å². The topological polar surface area (TPSA) is 91.9 Å². The van der Waals surface area contributed by atoms with E-state index in [0.717, 1.165) is 0 Å². The lowest BCUT2D eigenvalue weighted by Gasteiger charge is -2.36. The van der Waals surface area contributed by atoms with Gasteiger partial charge in [0.05, 0.1) is 12.0 Å². The second kappa shape index (κ2) is 9.68. The van der Waals surface area contributed by atoms with Crippen molar-refractivity contribution in [2.75, 3.05) is 39.3 Å². The molecule has 1 amide bonds. The number of amides is 1. The zero-order valence-electron chi connectivity index (χ0n) is 18.5. The van der Waals surface area contributed by atoms with Crippen LogP contribution in [0.4, 0.5) is 0 Å². The predicted molar refractivity (Wildman–Crippen MR) is 126 cm³/mol. The van der Waals surface area contributed by atoms with Gasteiger partial charge in [-0.05, 0) is 30.3 Å². The smallest absolute Gasteiger partial charge is 0.282 e. The summed E-state index contributed by atoms with van der Waals surface area (Å²) in [5.41, 5.74) is 1.57. The summed E-state index contributed by atoms with van der Waals surface area (Å²) >= 11 is 6.16. The van der Waals surface area contributed by atoms with Gasteiger partial charge in [-0.2, -0.15) is 22.1 Å². The van der Waals surface area contributed by atoms with Crippen LogP contribution >= 0.6 is 11.6 Å². The van der Waals surface area contributed by atoms with Crippen LogP contribution in [0.5, 0.6) is 0 Å². The van der Waals surface area contributed by atoms with Gasteiger partial charge in [0.25, 0.3) is 16.1 Å². The predicted octanol–water partition coefficient (Wildman–Crippen LogP) is 3.13. The van der Waals surface area contributed by atoms with Crippen molar-refractivity contribution in [3.05, 3.63) is 59.4 Å². The van der Waals surface area contributed by atoms with Gasteiger partial charge < -0.3 is 9.32 Å². The summed E-state index contributed by atoms with van der Waals surface area (Å²) in [6.07, 6.45) is 1.56. The number of hydrogen-bond acceptors (Lipinski definition) is 5. The van der Waals surface area contributed by atoms with Crippen molar-refractivity contribution in [3.63, 3.8) is 0 Å². The van der Waals surface area contributed by atoms with Crippen LogP contribution in [-0.2, 0) is 10.2 Å². The number of carbonyl (C=O) groups is 1. The van der Waals surface area contributed by atoms with Gasteiger partial charge in [-0.1, -0.05) is 31.5 Å². The van der Waals surface area contributed by atoms with Gasteiger partial charge in [-0.3, -0.25) is 4.79 Å². The van der Waals surface area contributed by atoms with Crippen LogP contribution in [0.2, 0.25) is 5.02 Å². The van der Waals surface area contributed by atoms with Crippen LogP contribution < -0.4 is 0 Å². The number of rotatable bonds is 7. The molecule has 4 rings (SSSR count). The van der Waals surface area contributed by atoms with Gasteiger partial charge in [-0.15, -0.1) is 0 Å². The minimum atomic E-state index is -3.53. The molecule has 176 valence electrons. The first-order valence-corrected chi connectivity index (χ1v) is 12.6. The number of aromatic nitrogens is 2. The van der Waals surface area contributed by atoms with Gasteiger partial charge in [0, 0.05) is 50.4 Å². The third-order valence-electron chi connectivity index (χ3n) is 5.64. The molecule has 1 aliphatic rings. The van der Waals surface area contributed by atoms with Gasteiger partial charge in [0.2, 0.25) is 0 Å². The van der Waals surface area contributed by atoms with Crippen LogP contribution in [0.15, 0.2) is 53.1 Å². The molecule has 0 atom stereocenters. The molecule has 0 aliphatic carbocycles. The van der Waals surface area contributed by atoms with Crippen LogP contribution in [0, 0.1) is 0 Å². The highest BCUT2D eigenvalue weighted by atomic mass is 35.5. The minimum absolute atomic E-state index is 0.241. The third-order valence-corrected chi connectivity index (χ3v) is 8.06. The van der Waals surface area contributed by atoms with E-state index >= 15 is 0 Å². The molecule has 33 heavy (non-hydrogen) atoms. The Kier molecular flexibility index (Phi) is 6.89. The van der Waals surface area contributed by atoms with E-state index in [1.807, 2.05) is 26.0 Å². The van der Waals surface area contributed by atoms with Crippen molar-refractivity contribution < 1.29 is 17.6 Å². The van der Waals surface area contributed by atoms with Gasteiger partial charge in [-0.25, -0.2) is 4.68 Å². The van der Waals surface area contributed by atoms with Crippen molar-refractivity contribution in [2.45, 2.75) is 13.8 Å². The fourth-order valence-electron chi connectivity index (χ4n) is 3.89. The third kappa shape index (κ3) is 4.70. The van der Waals surface area contributed by atoms with Crippen LogP contribution in [0.25, 0.3) is 17.1 Å². The maximum atomic E-state index is 13.3. The fraction of sp³-hybridized carbons (Fsp3) is 0.364. The van der Waals surface area contributed by atoms with Crippen molar-refractivity contribution in [1.82, 2.24) is 23.3 Å². The number of carbonyl (C=O) groups excluding carboxylic acids is 1. The van der Waals surface area contributed by atoms with Crippen molar-refractivity contribution in [1.29, 1.82) is 0 Å². The summed E-state index contributed by atoms with van der Waals surface area (Å²) < 4.78 is 35.6. The zero-order valence-corrected chi connectivity index (χ0v) is 20.1. The minimum Gasteiger partial charge on any atom is -0.463 e. The standard InChI is InChI=1S/C22H26ClN5O4S/c1-3-26(4-2)33(30,31)27-12-10-25(11-13-27)22(29)19-16-20(21-9-6-14-32-21)28(24-19)18-8-5-7-17(23)15-18/h5-9,14-16H,3-4,10-13H2,1-2H3. The molecular formula is C22H26ClN5O4S. The van der Waals surface area contributed by atoms with Crippen LogP contribution in [-0.4, -0.2) is 76.9 Å². The summed E-state index contributed by atoms with van der Waals surface area (Å²) in [4.78, 5) is 14.9. The maximum absolute atomic E-state index is 13.3. The monoisotopic (exact) mass is 491 g/mol. The first kappa shape index (κ1) is 23.5. The van der Waals surface area contributed by atoms with Gasteiger partial charge in [0.15, 0.2) is 11.5 Å². The van der Waals surface area contributed by atoms with Crippen LogP contribution in [0.1, 0.15) is 24.3 Å². The van der Waals surface area contributed by atoms with Gasteiger partial charge in [0.1, 0.15) is 5.69 Å². The molecular weight excluding hydrogens is 466 g/mol. The quantitative estimate of drug-likeness (QED) is 0.506. The summed E-state index contributed by atoms with van der Waals surface area (Å²) in [5.74, 6) is 0.306. The van der Waals surface area contributed by atoms with E-state index in [4.69, 9.17) is 16.0 Å². The van der Waals surface area contributed by atoms with Crippen molar-refractivity contribution in [2.24, 2.45) is 0 Å². The molecule has 0 saturated carbocycles. The first-order valence-electron chi connectivity index (χ1n) is 10.8. The number of piperazine rings is 1. The molecule has 9 nitrogen and oxygen atoms in total. The normalized spacial score (nSPS) is 15.3. The summed E-state index contributed by atoms with van der Waals surface area (Å²) in [6.45, 7) is 5.51. The highest BCUT2D eigenvalue weighted by Crippen LogP contribution is 2.26. The van der Waals surface area contributed by atoms with Gasteiger partial charge >= 0.3 is 0 Å². The Morgan fingerprint density at radius 2 is 1.82 bits per heavy atom. The highest BCUT2D eigenvalue weighted by molar-refractivity contribution is 7.86. The molecule has 1 aromatic carbocycles. The van der Waals surface area contributed by atoms with E-state index in [-0.39, 0.29) is 24.7 Å². The molecule has 0 N–H and O–H groups in total. The lowest BCUT2D eigenvalue weighted by atomic mass is 10.2. The Labute approximate surface area is 198 Å². The maximum Gasteiger partial charge on any atom is 0.282 e. The van der Waals surface area contributed by atoms with E-state index in [1.54, 1.807) is 46.2 Å². The molecule has 3 aromatic rings. The number of benzene rings is 1. The number of nitrogens with zero attached hydrogens (tertiary/aromatic N) is 5. The second-order valence-corrected chi connectivity index (χ2v) is 9.93. The highest BCUT2D eigenvalue weighted by Gasteiger charge is 2.33. The number of hydrogen-bond donors (Lipinski definition) is 0.